The van der Waals surface area contributed by atoms with Gasteiger partial charge in [-0.05, 0) is 44.1 Å². The number of carbonyl (C=O) groups excluding carboxylic acids is 1. The molecule has 1 aliphatic rings. The van der Waals surface area contributed by atoms with Crippen molar-refractivity contribution in [3.05, 3.63) is 22.8 Å². The van der Waals surface area contributed by atoms with E-state index in [-0.39, 0.29) is 12.2 Å². The lowest BCUT2D eigenvalue weighted by molar-refractivity contribution is -0.0432. The predicted molar refractivity (Wildman–Crippen MR) is 87.0 cm³/mol. The van der Waals surface area contributed by atoms with Crippen LogP contribution in [-0.2, 0) is 9.47 Å². The van der Waals surface area contributed by atoms with Gasteiger partial charge >= 0.3 is 6.09 Å². The molecule has 0 aliphatic carbocycles. The number of rotatable bonds is 2. The molecule has 0 bridgehead atoms. The number of ether oxygens (including phenoxy) is 2. The second-order valence-corrected chi connectivity index (χ2v) is 6.61. The standard InChI is InChI=1S/C15H21BClN2O3/c1-15(2,3)22-14(20)19-5-6-21-11(9-19)10-7-12(16-4)18-13(17)8-10/h7-8,11H,5-6,9H2,1-4H3. The van der Waals surface area contributed by atoms with E-state index in [0.29, 0.717) is 24.8 Å². The Balaban J connectivity index is 2.10. The highest BCUT2D eigenvalue weighted by Crippen LogP contribution is 2.24. The Morgan fingerprint density at radius 3 is 2.86 bits per heavy atom. The smallest absolute Gasteiger partial charge is 0.410 e. The molecule has 1 radical (unpaired) electrons. The first kappa shape index (κ1) is 17.1. The van der Waals surface area contributed by atoms with E-state index in [0.717, 1.165) is 11.2 Å². The Hall–Kier alpha value is -1.27. The first-order valence-electron chi connectivity index (χ1n) is 7.35. The van der Waals surface area contributed by atoms with Crippen LogP contribution < -0.4 is 5.59 Å². The van der Waals surface area contributed by atoms with Gasteiger partial charge in [0, 0.05) is 6.54 Å². The fraction of sp³-hybridized carbons (Fsp3) is 0.600. The van der Waals surface area contributed by atoms with Gasteiger partial charge in [0.05, 0.1) is 13.2 Å². The zero-order valence-corrected chi connectivity index (χ0v) is 14.2. The number of halogens is 1. The molecule has 7 heteroatoms. The number of carbonyl (C=O) groups is 1. The van der Waals surface area contributed by atoms with E-state index in [1.807, 2.05) is 40.9 Å². The van der Waals surface area contributed by atoms with Crippen LogP contribution in [0, 0.1) is 0 Å². The topological polar surface area (TPSA) is 51.7 Å². The number of hydrogen-bond acceptors (Lipinski definition) is 4. The maximum absolute atomic E-state index is 12.2. The number of hydrogen-bond donors (Lipinski definition) is 0. The van der Waals surface area contributed by atoms with Crippen molar-refractivity contribution in [1.29, 1.82) is 0 Å². The molecular formula is C15H21BClN2O3. The molecule has 1 atom stereocenters. The molecule has 0 saturated carbocycles. The van der Waals surface area contributed by atoms with E-state index in [2.05, 4.69) is 4.98 Å². The largest absolute Gasteiger partial charge is 0.444 e. The summed E-state index contributed by atoms with van der Waals surface area (Å²) in [5, 5.41) is 0.420. The lowest BCUT2D eigenvalue weighted by atomic mass is 9.77. The van der Waals surface area contributed by atoms with Crippen molar-refractivity contribution in [3.8, 4) is 0 Å². The number of pyridine rings is 1. The Bertz CT molecular complexity index is 548. The van der Waals surface area contributed by atoms with Crippen molar-refractivity contribution in [2.45, 2.75) is 39.3 Å². The predicted octanol–water partition coefficient (Wildman–Crippen LogP) is 2.42. The lowest BCUT2D eigenvalue weighted by Crippen LogP contribution is -2.44. The minimum Gasteiger partial charge on any atom is -0.444 e. The Labute approximate surface area is 137 Å². The van der Waals surface area contributed by atoms with Gasteiger partial charge in [0.25, 0.3) is 0 Å². The Kier molecular flexibility index (Phi) is 5.34. The maximum atomic E-state index is 12.2. The van der Waals surface area contributed by atoms with E-state index in [1.54, 1.807) is 11.0 Å². The van der Waals surface area contributed by atoms with Crippen LogP contribution >= 0.6 is 11.6 Å². The summed E-state index contributed by atoms with van der Waals surface area (Å²) in [5.74, 6) is 0. The summed E-state index contributed by atoms with van der Waals surface area (Å²) >= 11 is 6.04. The van der Waals surface area contributed by atoms with E-state index in [4.69, 9.17) is 21.1 Å². The second kappa shape index (κ2) is 6.88. The highest BCUT2D eigenvalue weighted by molar-refractivity contribution is 6.51. The Morgan fingerprint density at radius 1 is 1.50 bits per heavy atom. The van der Waals surface area contributed by atoms with Gasteiger partial charge in [-0.2, -0.15) is 0 Å². The van der Waals surface area contributed by atoms with Crippen molar-refractivity contribution >= 4 is 30.6 Å². The molecule has 1 aliphatic heterocycles. The molecule has 2 heterocycles. The first-order valence-corrected chi connectivity index (χ1v) is 7.72. The SMILES string of the molecule is C[B]c1cc(C2CN(C(=O)OC(C)(C)C)CCO2)cc(Cl)n1. The van der Waals surface area contributed by atoms with Gasteiger partial charge in [-0.25, -0.2) is 4.79 Å². The monoisotopic (exact) mass is 323 g/mol. The molecule has 119 valence electrons. The van der Waals surface area contributed by atoms with Crippen LogP contribution in [0.5, 0.6) is 0 Å². The summed E-state index contributed by atoms with van der Waals surface area (Å²) in [5.41, 5.74) is 1.21. The molecule has 1 aromatic rings. The molecule has 0 spiro atoms. The van der Waals surface area contributed by atoms with Gasteiger partial charge in [0.1, 0.15) is 16.9 Å². The molecular weight excluding hydrogens is 302 g/mol. The molecule has 0 aromatic carbocycles. The molecule has 1 fully saturated rings. The van der Waals surface area contributed by atoms with Crippen molar-refractivity contribution in [3.63, 3.8) is 0 Å². The summed E-state index contributed by atoms with van der Waals surface area (Å²) in [7, 11) is 1.88. The first-order chi connectivity index (χ1) is 10.3. The van der Waals surface area contributed by atoms with Gasteiger partial charge < -0.3 is 14.4 Å². The van der Waals surface area contributed by atoms with Gasteiger partial charge in [0.15, 0.2) is 7.28 Å². The quantitative estimate of drug-likeness (QED) is 0.619. The lowest BCUT2D eigenvalue weighted by Gasteiger charge is -2.34. The fourth-order valence-corrected chi connectivity index (χ4v) is 2.44. The van der Waals surface area contributed by atoms with Crippen molar-refractivity contribution in [2.24, 2.45) is 0 Å². The zero-order chi connectivity index (χ0) is 16.3. The van der Waals surface area contributed by atoms with Crippen LogP contribution in [0.1, 0.15) is 32.4 Å². The van der Waals surface area contributed by atoms with E-state index < -0.39 is 5.60 Å². The summed E-state index contributed by atoms with van der Waals surface area (Å²) in [4.78, 5) is 18.1. The van der Waals surface area contributed by atoms with Gasteiger partial charge in [-0.3, -0.25) is 4.98 Å². The molecule has 22 heavy (non-hydrogen) atoms. The molecule has 1 saturated heterocycles. The summed E-state index contributed by atoms with van der Waals surface area (Å²) in [6.07, 6.45) is -0.538. The van der Waals surface area contributed by atoms with Crippen LogP contribution in [0.3, 0.4) is 0 Å². The van der Waals surface area contributed by atoms with Crippen LogP contribution in [0.15, 0.2) is 12.1 Å². The fourth-order valence-electron chi connectivity index (χ4n) is 2.21. The molecule has 1 amide bonds. The van der Waals surface area contributed by atoms with Crippen LogP contribution in [0.25, 0.3) is 0 Å². The van der Waals surface area contributed by atoms with E-state index in [1.165, 1.54) is 0 Å². The van der Waals surface area contributed by atoms with Crippen LogP contribution in [0.2, 0.25) is 12.0 Å². The highest BCUT2D eigenvalue weighted by Gasteiger charge is 2.29. The van der Waals surface area contributed by atoms with E-state index in [9.17, 15) is 4.79 Å². The van der Waals surface area contributed by atoms with E-state index >= 15 is 0 Å². The van der Waals surface area contributed by atoms with Gasteiger partial charge in [-0.15, -0.1) is 0 Å². The third-order valence-electron chi connectivity index (χ3n) is 3.22. The molecule has 5 nitrogen and oxygen atoms in total. The van der Waals surface area contributed by atoms with Gasteiger partial charge in [-0.1, -0.05) is 18.4 Å². The number of morpholine rings is 1. The van der Waals surface area contributed by atoms with Crippen molar-refractivity contribution in [2.75, 3.05) is 19.7 Å². The van der Waals surface area contributed by atoms with Crippen LogP contribution in [-0.4, -0.2) is 48.6 Å². The minimum atomic E-state index is -0.505. The second-order valence-electron chi connectivity index (χ2n) is 6.22. The minimum absolute atomic E-state index is 0.222. The molecule has 1 unspecified atom stereocenters. The maximum Gasteiger partial charge on any atom is 0.410 e. The number of amides is 1. The zero-order valence-electron chi connectivity index (χ0n) is 13.4. The highest BCUT2D eigenvalue weighted by atomic mass is 35.5. The average Bonchev–Trinajstić information content (AvgIpc) is 2.45. The van der Waals surface area contributed by atoms with Crippen molar-refractivity contribution < 1.29 is 14.3 Å². The number of aromatic nitrogens is 1. The summed E-state index contributed by atoms with van der Waals surface area (Å²) in [6.45, 7) is 8.90. The van der Waals surface area contributed by atoms with Gasteiger partial charge in [0.2, 0.25) is 0 Å². The van der Waals surface area contributed by atoms with Crippen LogP contribution in [0.4, 0.5) is 4.79 Å². The normalized spacial score (nSPS) is 19.0. The molecule has 0 N–H and O–H groups in total. The molecule has 2 rings (SSSR count). The van der Waals surface area contributed by atoms with Crippen molar-refractivity contribution in [1.82, 2.24) is 9.88 Å². The average molecular weight is 324 g/mol. The third-order valence-corrected chi connectivity index (χ3v) is 3.42. The third kappa shape index (κ3) is 4.61. The summed E-state index contributed by atoms with van der Waals surface area (Å²) < 4.78 is 11.2. The molecule has 1 aromatic heterocycles. The summed E-state index contributed by atoms with van der Waals surface area (Å²) in [6, 6.07) is 3.70. The Morgan fingerprint density at radius 2 is 2.23 bits per heavy atom. The number of nitrogens with zero attached hydrogens (tertiary/aromatic N) is 2.